The van der Waals surface area contributed by atoms with Crippen molar-refractivity contribution in [1.82, 2.24) is 0 Å². The molecule has 0 heterocycles. The molecule has 1 aromatic rings. The highest BCUT2D eigenvalue weighted by Crippen LogP contribution is 2.60. The summed E-state index contributed by atoms with van der Waals surface area (Å²) in [5.74, 6) is -5.40. The van der Waals surface area contributed by atoms with E-state index in [1.807, 2.05) is 0 Å². The maximum Gasteiger partial charge on any atom is 0.442 e. The lowest BCUT2D eigenvalue weighted by Crippen LogP contribution is -2.11. The van der Waals surface area contributed by atoms with Gasteiger partial charge in [-0.05, 0) is 35.6 Å². The summed E-state index contributed by atoms with van der Waals surface area (Å²) in [5.41, 5.74) is -0.622. The second-order valence-electron chi connectivity index (χ2n) is 6.18. The fourth-order valence-corrected chi connectivity index (χ4v) is 2.76. The van der Waals surface area contributed by atoms with Gasteiger partial charge in [-0.25, -0.2) is 8.78 Å². The van der Waals surface area contributed by atoms with Crippen molar-refractivity contribution in [2.45, 2.75) is 26.6 Å². The van der Waals surface area contributed by atoms with Gasteiger partial charge >= 0.3 is 12.1 Å². The monoisotopic (exact) mass is 368 g/mol. The molecule has 1 aliphatic rings. The highest BCUT2D eigenvalue weighted by atomic mass is 35.5. The van der Waals surface area contributed by atoms with Crippen LogP contribution in [0.15, 0.2) is 30.1 Å². The molecule has 132 valence electrons. The first-order valence-corrected chi connectivity index (χ1v) is 7.37. The molecule has 2 rings (SSSR count). The summed E-state index contributed by atoms with van der Waals surface area (Å²) in [6.45, 7) is 2.76. The molecule has 0 saturated heterocycles. The lowest BCUT2D eigenvalue weighted by molar-refractivity contribution is -0.147. The molecule has 1 aliphatic carbocycles. The first-order chi connectivity index (χ1) is 10.9. The Hall–Kier alpha value is -1.63. The molecule has 2 nitrogen and oxygen atoms in total. The quantitative estimate of drug-likeness (QED) is 0.538. The molecule has 0 spiro atoms. The molecule has 1 aromatic carbocycles. The minimum Gasteiger partial charge on any atom is -0.461 e. The predicted molar refractivity (Wildman–Crippen MR) is 77.2 cm³/mol. The number of halogens is 6. The SMILES string of the molecule is CC1(C)[C@H](C(=O)OCc2cc(F)ccc2Cl)[C@@H]1/C=C(\F)C(F)(F)F. The highest BCUT2D eigenvalue weighted by Gasteiger charge is 2.62. The fourth-order valence-electron chi connectivity index (χ4n) is 2.58. The van der Waals surface area contributed by atoms with E-state index in [-0.39, 0.29) is 17.2 Å². The fraction of sp³-hybridized carbons (Fsp3) is 0.438. The number of ether oxygens (including phenoxy) is 1. The van der Waals surface area contributed by atoms with Crippen LogP contribution in [-0.2, 0) is 16.1 Å². The zero-order chi connectivity index (χ0) is 18.3. The van der Waals surface area contributed by atoms with Gasteiger partial charge in [-0.2, -0.15) is 13.2 Å². The number of esters is 1. The topological polar surface area (TPSA) is 26.3 Å². The molecule has 0 N–H and O–H groups in total. The Bertz CT molecular complexity index is 682. The van der Waals surface area contributed by atoms with Gasteiger partial charge in [-0.15, -0.1) is 0 Å². The van der Waals surface area contributed by atoms with Gasteiger partial charge in [0.1, 0.15) is 12.4 Å². The summed E-state index contributed by atoms with van der Waals surface area (Å²) in [6, 6.07) is 3.53. The molecule has 2 atom stereocenters. The minimum atomic E-state index is -5.08. The Morgan fingerprint density at radius 2 is 2.00 bits per heavy atom. The van der Waals surface area contributed by atoms with Crippen LogP contribution in [-0.4, -0.2) is 12.1 Å². The van der Waals surface area contributed by atoms with Crippen LogP contribution >= 0.6 is 11.6 Å². The van der Waals surface area contributed by atoms with Crippen LogP contribution in [0.1, 0.15) is 19.4 Å². The van der Waals surface area contributed by atoms with Crippen molar-refractivity contribution in [2.24, 2.45) is 17.3 Å². The third kappa shape index (κ3) is 3.88. The first-order valence-electron chi connectivity index (χ1n) is 6.99. The summed E-state index contributed by atoms with van der Waals surface area (Å²) in [7, 11) is 0. The summed E-state index contributed by atoms with van der Waals surface area (Å²) in [6.07, 6.45) is -4.68. The molecular formula is C16H14ClF5O2. The largest absolute Gasteiger partial charge is 0.461 e. The van der Waals surface area contributed by atoms with Crippen molar-refractivity contribution in [3.63, 3.8) is 0 Å². The molecule has 0 unspecified atom stereocenters. The molecule has 1 saturated carbocycles. The smallest absolute Gasteiger partial charge is 0.442 e. The number of allylic oxidation sites excluding steroid dienone is 2. The Morgan fingerprint density at radius 3 is 2.58 bits per heavy atom. The molecule has 0 aliphatic heterocycles. The van der Waals surface area contributed by atoms with Crippen molar-refractivity contribution in [3.05, 3.63) is 46.5 Å². The molecule has 24 heavy (non-hydrogen) atoms. The number of rotatable bonds is 4. The van der Waals surface area contributed by atoms with Crippen LogP contribution in [0.3, 0.4) is 0 Å². The van der Waals surface area contributed by atoms with E-state index < -0.39 is 41.0 Å². The van der Waals surface area contributed by atoms with Gasteiger partial charge in [0.15, 0.2) is 5.83 Å². The van der Waals surface area contributed by atoms with Gasteiger partial charge in [0.25, 0.3) is 0 Å². The number of alkyl halides is 3. The van der Waals surface area contributed by atoms with Gasteiger partial charge < -0.3 is 4.74 Å². The Kier molecular flexibility index (Phi) is 4.95. The third-order valence-corrected chi connectivity index (χ3v) is 4.51. The van der Waals surface area contributed by atoms with Crippen LogP contribution in [0, 0.1) is 23.1 Å². The zero-order valence-corrected chi connectivity index (χ0v) is 13.5. The van der Waals surface area contributed by atoms with E-state index in [1.54, 1.807) is 13.8 Å². The van der Waals surface area contributed by atoms with E-state index in [0.717, 1.165) is 12.1 Å². The van der Waals surface area contributed by atoms with Gasteiger partial charge in [0.2, 0.25) is 0 Å². The Labute approximate surface area is 140 Å². The molecule has 0 radical (unpaired) electrons. The van der Waals surface area contributed by atoms with Crippen molar-refractivity contribution >= 4 is 17.6 Å². The molecule has 8 heteroatoms. The van der Waals surface area contributed by atoms with E-state index in [9.17, 15) is 26.7 Å². The summed E-state index contributed by atoms with van der Waals surface area (Å²) in [4.78, 5) is 12.0. The second-order valence-corrected chi connectivity index (χ2v) is 6.59. The predicted octanol–water partition coefficient (Wildman–Crippen LogP) is 5.21. The van der Waals surface area contributed by atoms with E-state index in [4.69, 9.17) is 16.3 Å². The average Bonchev–Trinajstić information content (AvgIpc) is 2.99. The lowest BCUT2D eigenvalue weighted by atomic mass is 10.1. The molecular weight excluding hydrogens is 355 g/mol. The number of hydrogen-bond acceptors (Lipinski definition) is 2. The lowest BCUT2D eigenvalue weighted by Gasteiger charge is -2.07. The third-order valence-electron chi connectivity index (χ3n) is 4.14. The molecule has 0 aromatic heterocycles. The summed E-state index contributed by atoms with van der Waals surface area (Å²) in [5, 5.41) is 0.193. The maximum atomic E-state index is 13.1. The van der Waals surface area contributed by atoms with Crippen molar-refractivity contribution in [1.29, 1.82) is 0 Å². The van der Waals surface area contributed by atoms with E-state index in [2.05, 4.69) is 0 Å². The number of hydrogen-bond donors (Lipinski definition) is 0. The minimum absolute atomic E-state index is 0.193. The van der Waals surface area contributed by atoms with Gasteiger partial charge in [-0.3, -0.25) is 4.79 Å². The normalized spacial score (nSPS) is 23.1. The second kappa shape index (κ2) is 6.35. The molecule has 1 fully saturated rings. The van der Waals surface area contributed by atoms with Crippen molar-refractivity contribution < 1.29 is 31.5 Å². The van der Waals surface area contributed by atoms with Gasteiger partial charge in [-0.1, -0.05) is 25.4 Å². The van der Waals surface area contributed by atoms with Gasteiger partial charge in [0, 0.05) is 10.6 Å². The summed E-state index contributed by atoms with van der Waals surface area (Å²) < 4.78 is 68.0. The highest BCUT2D eigenvalue weighted by molar-refractivity contribution is 6.31. The first kappa shape index (κ1) is 18.7. The van der Waals surface area contributed by atoms with Gasteiger partial charge in [0.05, 0.1) is 5.92 Å². The zero-order valence-electron chi connectivity index (χ0n) is 12.8. The molecule has 0 amide bonds. The van der Waals surface area contributed by atoms with Crippen LogP contribution in [0.5, 0.6) is 0 Å². The van der Waals surface area contributed by atoms with Crippen LogP contribution in [0.25, 0.3) is 0 Å². The van der Waals surface area contributed by atoms with E-state index in [1.165, 1.54) is 6.07 Å². The van der Waals surface area contributed by atoms with E-state index >= 15 is 0 Å². The average molecular weight is 369 g/mol. The maximum absolute atomic E-state index is 13.1. The number of benzene rings is 1. The van der Waals surface area contributed by atoms with Crippen LogP contribution in [0.4, 0.5) is 22.0 Å². The number of carbonyl (C=O) groups is 1. The Balaban J connectivity index is 2.04. The number of carbonyl (C=O) groups excluding carboxylic acids is 1. The Morgan fingerprint density at radius 1 is 1.38 bits per heavy atom. The standard InChI is InChI=1S/C16H14ClF5O2/c1-15(2)10(6-12(19)16(20,21)22)13(15)14(23)24-7-8-5-9(18)3-4-11(8)17/h3-6,10,13H,7H2,1-2H3/b12-6-/t10-,13-/m0/s1. The molecule has 0 bridgehead atoms. The van der Waals surface area contributed by atoms with Crippen molar-refractivity contribution in [3.8, 4) is 0 Å². The van der Waals surface area contributed by atoms with Crippen molar-refractivity contribution in [2.75, 3.05) is 0 Å². The van der Waals surface area contributed by atoms with Crippen LogP contribution < -0.4 is 0 Å². The van der Waals surface area contributed by atoms with E-state index in [0.29, 0.717) is 6.08 Å². The van der Waals surface area contributed by atoms with Crippen LogP contribution in [0.2, 0.25) is 5.02 Å². The summed E-state index contributed by atoms with van der Waals surface area (Å²) >= 11 is 5.84.